The van der Waals surface area contributed by atoms with E-state index in [2.05, 4.69) is 10.3 Å². The van der Waals surface area contributed by atoms with Crippen LogP contribution in [0.15, 0.2) is 53.3 Å². The summed E-state index contributed by atoms with van der Waals surface area (Å²) in [6, 6.07) is 15.2. The minimum atomic E-state index is 0.0641. The summed E-state index contributed by atoms with van der Waals surface area (Å²) in [5.74, 6) is 0.761. The Bertz CT molecular complexity index is 868. The van der Waals surface area contributed by atoms with Crippen molar-refractivity contribution < 1.29 is 4.74 Å². The number of pyridine rings is 1. The third kappa shape index (κ3) is 2.55. The predicted octanol–water partition coefficient (Wildman–Crippen LogP) is 3.46. The molecular formula is C18H18N2O2. The SMILES string of the molecule is COc1ccccc1NCc1c(C)[nH]c2ccccc2c1=O. The number of aromatic nitrogens is 1. The second kappa shape index (κ2) is 5.93. The quantitative estimate of drug-likeness (QED) is 0.775. The van der Waals surface area contributed by atoms with Crippen molar-refractivity contribution in [3.63, 3.8) is 0 Å². The van der Waals surface area contributed by atoms with Crippen LogP contribution in [0, 0.1) is 6.92 Å². The number of aromatic amines is 1. The van der Waals surface area contributed by atoms with Gasteiger partial charge in [-0.1, -0.05) is 24.3 Å². The fraction of sp³-hybridized carbons (Fsp3) is 0.167. The van der Waals surface area contributed by atoms with Crippen molar-refractivity contribution in [3.05, 3.63) is 70.0 Å². The minimum absolute atomic E-state index is 0.0641. The van der Waals surface area contributed by atoms with Crippen LogP contribution in [-0.2, 0) is 6.54 Å². The molecule has 112 valence electrons. The topological polar surface area (TPSA) is 54.1 Å². The summed E-state index contributed by atoms with van der Waals surface area (Å²) in [5, 5.41) is 3.99. The highest BCUT2D eigenvalue weighted by atomic mass is 16.5. The molecule has 3 aromatic rings. The highest BCUT2D eigenvalue weighted by Crippen LogP contribution is 2.23. The molecular weight excluding hydrogens is 276 g/mol. The number of aryl methyl sites for hydroxylation is 1. The van der Waals surface area contributed by atoms with E-state index in [0.29, 0.717) is 11.9 Å². The van der Waals surface area contributed by atoms with E-state index in [0.717, 1.165) is 28.2 Å². The van der Waals surface area contributed by atoms with Gasteiger partial charge in [-0.15, -0.1) is 0 Å². The molecule has 22 heavy (non-hydrogen) atoms. The lowest BCUT2D eigenvalue weighted by molar-refractivity contribution is 0.416. The first-order chi connectivity index (χ1) is 10.7. The lowest BCUT2D eigenvalue weighted by Crippen LogP contribution is -2.16. The van der Waals surface area contributed by atoms with Gasteiger partial charge in [0.2, 0.25) is 0 Å². The van der Waals surface area contributed by atoms with Crippen LogP contribution in [0.1, 0.15) is 11.3 Å². The van der Waals surface area contributed by atoms with Crippen molar-refractivity contribution in [2.75, 3.05) is 12.4 Å². The Kier molecular flexibility index (Phi) is 3.83. The van der Waals surface area contributed by atoms with Crippen molar-refractivity contribution in [2.24, 2.45) is 0 Å². The van der Waals surface area contributed by atoms with Gasteiger partial charge in [0.15, 0.2) is 5.43 Å². The first-order valence-corrected chi connectivity index (χ1v) is 7.18. The maximum Gasteiger partial charge on any atom is 0.194 e. The van der Waals surface area contributed by atoms with E-state index in [4.69, 9.17) is 4.74 Å². The smallest absolute Gasteiger partial charge is 0.194 e. The third-order valence-electron chi connectivity index (χ3n) is 3.78. The predicted molar refractivity (Wildman–Crippen MR) is 89.6 cm³/mol. The molecule has 0 bridgehead atoms. The molecule has 0 spiro atoms. The summed E-state index contributed by atoms with van der Waals surface area (Å²) in [7, 11) is 1.63. The summed E-state index contributed by atoms with van der Waals surface area (Å²) in [6.45, 7) is 2.37. The second-order valence-corrected chi connectivity index (χ2v) is 5.16. The molecule has 4 nitrogen and oxygen atoms in total. The van der Waals surface area contributed by atoms with Crippen LogP contribution >= 0.6 is 0 Å². The highest BCUT2D eigenvalue weighted by molar-refractivity contribution is 5.79. The van der Waals surface area contributed by atoms with Crippen LogP contribution < -0.4 is 15.5 Å². The third-order valence-corrected chi connectivity index (χ3v) is 3.78. The Balaban J connectivity index is 1.96. The van der Waals surface area contributed by atoms with Gasteiger partial charge in [-0.3, -0.25) is 4.79 Å². The van der Waals surface area contributed by atoms with E-state index in [1.807, 2.05) is 55.5 Å². The van der Waals surface area contributed by atoms with Gasteiger partial charge in [0.05, 0.1) is 12.8 Å². The Hall–Kier alpha value is -2.75. The summed E-state index contributed by atoms with van der Waals surface area (Å²) >= 11 is 0. The van der Waals surface area contributed by atoms with Crippen molar-refractivity contribution in [2.45, 2.75) is 13.5 Å². The van der Waals surface area contributed by atoms with E-state index < -0.39 is 0 Å². The van der Waals surface area contributed by atoms with Gasteiger partial charge < -0.3 is 15.0 Å². The monoisotopic (exact) mass is 294 g/mol. The number of hydrogen-bond donors (Lipinski definition) is 2. The standard InChI is InChI=1S/C18H18N2O2/c1-12-14(11-19-16-9-5-6-10-17(16)22-2)18(21)13-7-3-4-8-15(13)20-12/h3-10,19H,11H2,1-2H3,(H,20,21). The second-order valence-electron chi connectivity index (χ2n) is 5.16. The molecule has 1 heterocycles. The summed E-state index contributed by atoms with van der Waals surface area (Å²) < 4.78 is 5.32. The molecule has 2 aromatic carbocycles. The number of H-pyrrole nitrogens is 1. The summed E-state index contributed by atoms with van der Waals surface area (Å²) in [6.07, 6.45) is 0. The zero-order chi connectivity index (χ0) is 15.5. The van der Waals surface area contributed by atoms with Gasteiger partial charge in [-0.25, -0.2) is 0 Å². The lowest BCUT2D eigenvalue weighted by atomic mass is 10.1. The average molecular weight is 294 g/mol. The first-order valence-electron chi connectivity index (χ1n) is 7.18. The normalized spacial score (nSPS) is 10.6. The van der Waals surface area contributed by atoms with Gasteiger partial charge in [0.25, 0.3) is 0 Å². The number of ether oxygens (including phenoxy) is 1. The number of benzene rings is 2. The van der Waals surface area contributed by atoms with Crippen molar-refractivity contribution in [3.8, 4) is 5.75 Å². The molecule has 0 saturated heterocycles. The zero-order valence-corrected chi connectivity index (χ0v) is 12.6. The fourth-order valence-corrected chi connectivity index (χ4v) is 2.59. The molecule has 0 atom stereocenters. The number of rotatable bonds is 4. The number of methoxy groups -OCH3 is 1. The fourth-order valence-electron chi connectivity index (χ4n) is 2.59. The maximum absolute atomic E-state index is 12.6. The Morgan fingerprint density at radius 2 is 1.82 bits per heavy atom. The Morgan fingerprint density at radius 1 is 1.09 bits per heavy atom. The zero-order valence-electron chi connectivity index (χ0n) is 12.6. The van der Waals surface area contributed by atoms with Crippen LogP contribution in [0.25, 0.3) is 10.9 Å². The van der Waals surface area contributed by atoms with E-state index >= 15 is 0 Å². The molecule has 0 unspecified atom stereocenters. The molecule has 2 N–H and O–H groups in total. The average Bonchev–Trinajstić information content (AvgIpc) is 2.55. The number of fused-ring (bicyclic) bond motifs is 1. The summed E-state index contributed by atoms with van der Waals surface area (Å²) in [5.41, 5.74) is 3.42. The van der Waals surface area contributed by atoms with E-state index in [9.17, 15) is 4.79 Å². The van der Waals surface area contributed by atoms with Crippen LogP contribution in [0.4, 0.5) is 5.69 Å². The lowest BCUT2D eigenvalue weighted by Gasteiger charge is -2.12. The number of hydrogen-bond acceptors (Lipinski definition) is 3. The minimum Gasteiger partial charge on any atom is -0.495 e. The highest BCUT2D eigenvalue weighted by Gasteiger charge is 2.09. The van der Waals surface area contributed by atoms with Crippen molar-refractivity contribution in [1.82, 2.24) is 4.98 Å². The molecule has 3 rings (SSSR count). The number of nitrogens with one attached hydrogen (secondary N) is 2. The number of para-hydroxylation sites is 3. The molecule has 4 heteroatoms. The molecule has 0 aliphatic rings. The molecule has 0 amide bonds. The van der Waals surface area contributed by atoms with E-state index in [1.54, 1.807) is 7.11 Å². The van der Waals surface area contributed by atoms with E-state index in [-0.39, 0.29) is 5.43 Å². The van der Waals surface area contributed by atoms with Crippen molar-refractivity contribution in [1.29, 1.82) is 0 Å². The number of anilines is 1. The Labute approximate surface area is 128 Å². The van der Waals surface area contributed by atoms with E-state index in [1.165, 1.54) is 0 Å². The maximum atomic E-state index is 12.6. The Morgan fingerprint density at radius 3 is 2.64 bits per heavy atom. The largest absolute Gasteiger partial charge is 0.495 e. The van der Waals surface area contributed by atoms with Gasteiger partial charge in [0, 0.05) is 28.7 Å². The molecule has 0 aliphatic heterocycles. The van der Waals surface area contributed by atoms with Crippen molar-refractivity contribution >= 4 is 16.6 Å². The van der Waals surface area contributed by atoms with Crippen LogP contribution in [0.3, 0.4) is 0 Å². The van der Waals surface area contributed by atoms with Crippen LogP contribution in [-0.4, -0.2) is 12.1 Å². The molecule has 0 saturated carbocycles. The van der Waals surface area contributed by atoms with Gasteiger partial charge >= 0.3 is 0 Å². The summed E-state index contributed by atoms with van der Waals surface area (Å²) in [4.78, 5) is 15.9. The first kappa shape index (κ1) is 14.2. The molecule has 1 aromatic heterocycles. The molecule has 0 aliphatic carbocycles. The van der Waals surface area contributed by atoms with Gasteiger partial charge in [-0.05, 0) is 31.2 Å². The molecule has 0 radical (unpaired) electrons. The van der Waals surface area contributed by atoms with Crippen LogP contribution in [0.5, 0.6) is 5.75 Å². The molecule has 0 fully saturated rings. The van der Waals surface area contributed by atoms with Gasteiger partial charge in [-0.2, -0.15) is 0 Å². The van der Waals surface area contributed by atoms with Gasteiger partial charge in [0.1, 0.15) is 5.75 Å². The van der Waals surface area contributed by atoms with Crippen LogP contribution in [0.2, 0.25) is 0 Å².